The molecule has 0 aromatic carbocycles. The van der Waals surface area contributed by atoms with Crippen molar-refractivity contribution < 1.29 is 4.74 Å². The molecule has 1 heterocycles. The van der Waals surface area contributed by atoms with Crippen molar-refractivity contribution in [2.45, 2.75) is 6.54 Å². The Morgan fingerprint density at radius 1 is 1.14 bits per heavy atom. The molecule has 22 heavy (non-hydrogen) atoms. The van der Waals surface area contributed by atoms with Crippen molar-refractivity contribution in [3.05, 3.63) is 23.9 Å². The summed E-state index contributed by atoms with van der Waals surface area (Å²) in [7, 11) is 12.0. The summed E-state index contributed by atoms with van der Waals surface area (Å²) in [6.07, 6.45) is 1.76. The number of pyridine rings is 1. The van der Waals surface area contributed by atoms with Crippen LogP contribution in [0, 0.1) is 0 Å². The highest BCUT2D eigenvalue weighted by molar-refractivity contribution is 14.0. The summed E-state index contributed by atoms with van der Waals surface area (Å²) in [6.45, 7) is 2.11. The molecular weight excluding hydrogens is 393 g/mol. The van der Waals surface area contributed by atoms with Gasteiger partial charge in [0, 0.05) is 47.0 Å². The van der Waals surface area contributed by atoms with E-state index in [4.69, 9.17) is 4.74 Å². The third-order valence-electron chi connectivity index (χ3n) is 2.79. The minimum Gasteiger partial charge on any atom is -0.476 e. The van der Waals surface area contributed by atoms with Crippen LogP contribution in [-0.2, 0) is 6.54 Å². The molecule has 0 atom stereocenters. The van der Waals surface area contributed by atoms with E-state index in [0.29, 0.717) is 19.0 Å². The fourth-order valence-electron chi connectivity index (χ4n) is 1.81. The molecule has 0 aliphatic heterocycles. The van der Waals surface area contributed by atoms with Crippen molar-refractivity contribution in [1.82, 2.24) is 19.7 Å². The minimum atomic E-state index is 0. The normalized spacial score (nSPS) is 9.95. The van der Waals surface area contributed by atoms with Gasteiger partial charge in [-0.3, -0.25) is 0 Å². The highest BCUT2D eigenvalue weighted by Crippen LogP contribution is 2.10. The number of halogens is 1. The molecule has 0 unspecified atom stereocenters. The maximum absolute atomic E-state index is 5.64. The van der Waals surface area contributed by atoms with Gasteiger partial charge < -0.3 is 19.4 Å². The van der Waals surface area contributed by atoms with Crippen LogP contribution >= 0.6 is 24.0 Å². The van der Waals surface area contributed by atoms with Crippen LogP contribution in [0.1, 0.15) is 5.56 Å². The molecule has 0 amide bonds. The van der Waals surface area contributed by atoms with Gasteiger partial charge in [0.05, 0.1) is 6.54 Å². The van der Waals surface area contributed by atoms with Crippen molar-refractivity contribution in [1.29, 1.82) is 0 Å². The Hall–Kier alpha value is -1.09. The predicted molar refractivity (Wildman–Crippen MR) is 102 cm³/mol. The molecule has 0 saturated carbocycles. The SMILES string of the molecule is CN(C)CCOc1cc(CN=C(N(C)C)N(C)C)ccn1.I. The first-order valence-corrected chi connectivity index (χ1v) is 7.01. The van der Waals surface area contributed by atoms with Gasteiger partial charge in [0.1, 0.15) is 6.61 Å². The number of hydrogen-bond donors (Lipinski definition) is 0. The molecule has 1 aromatic heterocycles. The summed E-state index contributed by atoms with van der Waals surface area (Å²) < 4.78 is 5.64. The third-order valence-corrected chi connectivity index (χ3v) is 2.79. The van der Waals surface area contributed by atoms with E-state index in [9.17, 15) is 0 Å². The Bertz CT molecular complexity index is 453. The molecule has 126 valence electrons. The van der Waals surface area contributed by atoms with Gasteiger partial charge in [-0.25, -0.2) is 9.98 Å². The number of ether oxygens (including phenoxy) is 1. The van der Waals surface area contributed by atoms with E-state index in [2.05, 4.69) is 14.9 Å². The summed E-state index contributed by atoms with van der Waals surface area (Å²) in [5.41, 5.74) is 1.09. The standard InChI is InChI=1S/C15H27N5O.HI/c1-18(2)9-10-21-14-11-13(7-8-16-14)12-17-15(19(3)4)20(5)6;/h7-8,11H,9-10,12H2,1-6H3;1H. The third kappa shape index (κ3) is 7.79. The van der Waals surface area contributed by atoms with Gasteiger partial charge in [0.2, 0.25) is 5.88 Å². The van der Waals surface area contributed by atoms with Gasteiger partial charge in [-0.05, 0) is 25.7 Å². The number of aromatic nitrogens is 1. The number of likely N-dealkylation sites (N-methyl/N-ethyl adjacent to an activating group) is 1. The Morgan fingerprint density at radius 3 is 2.32 bits per heavy atom. The molecule has 0 spiro atoms. The smallest absolute Gasteiger partial charge is 0.213 e. The Morgan fingerprint density at radius 2 is 1.77 bits per heavy atom. The van der Waals surface area contributed by atoms with Crippen LogP contribution in [0.25, 0.3) is 0 Å². The molecular formula is C15H28IN5O. The minimum absolute atomic E-state index is 0. The fraction of sp³-hybridized carbons (Fsp3) is 0.600. The number of rotatable bonds is 6. The lowest BCUT2D eigenvalue weighted by Crippen LogP contribution is -2.35. The highest BCUT2D eigenvalue weighted by Gasteiger charge is 2.04. The van der Waals surface area contributed by atoms with Gasteiger partial charge in [-0.15, -0.1) is 24.0 Å². The van der Waals surface area contributed by atoms with Crippen molar-refractivity contribution in [3.63, 3.8) is 0 Å². The van der Waals surface area contributed by atoms with Crippen molar-refractivity contribution in [2.75, 3.05) is 55.4 Å². The van der Waals surface area contributed by atoms with Crippen molar-refractivity contribution >= 4 is 29.9 Å². The zero-order valence-corrected chi connectivity index (χ0v) is 16.7. The lowest BCUT2D eigenvalue weighted by Gasteiger charge is -2.22. The summed E-state index contributed by atoms with van der Waals surface area (Å²) in [6, 6.07) is 3.91. The average molecular weight is 421 g/mol. The summed E-state index contributed by atoms with van der Waals surface area (Å²) in [5.74, 6) is 1.59. The first-order chi connectivity index (χ1) is 9.90. The van der Waals surface area contributed by atoms with Crippen LogP contribution in [-0.4, -0.2) is 81.1 Å². The number of nitrogens with zero attached hydrogens (tertiary/aromatic N) is 5. The molecule has 7 heteroatoms. The maximum Gasteiger partial charge on any atom is 0.213 e. The van der Waals surface area contributed by atoms with E-state index < -0.39 is 0 Å². The van der Waals surface area contributed by atoms with Gasteiger partial charge in [0.15, 0.2) is 5.96 Å². The van der Waals surface area contributed by atoms with E-state index in [1.54, 1.807) is 6.20 Å². The van der Waals surface area contributed by atoms with Gasteiger partial charge in [0.25, 0.3) is 0 Å². The molecule has 1 rings (SSSR count). The van der Waals surface area contributed by atoms with Gasteiger partial charge >= 0.3 is 0 Å². The van der Waals surface area contributed by atoms with Gasteiger partial charge in [-0.1, -0.05) is 0 Å². The molecule has 0 radical (unpaired) electrons. The quantitative estimate of drug-likeness (QED) is 0.397. The summed E-state index contributed by atoms with van der Waals surface area (Å²) in [5, 5.41) is 0. The van der Waals surface area contributed by atoms with Crippen LogP contribution in [0.4, 0.5) is 0 Å². The molecule has 0 aliphatic rings. The van der Waals surface area contributed by atoms with Crippen molar-refractivity contribution in [2.24, 2.45) is 4.99 Å². The Kier molecular flexibility index (Phi) is 10.1. The predicted octanol–water partition coefficient (Wildman–Crippen LogP) is 1.62. The highest BCUT2D eigenvalue weighted by atomic mass is 127. The average Bonchev–Trinajstić information content (AvgIpc) is 2.38. The van der Waals surface area contributed by atoms with Gasteiger partial charge in [-0.2, -0.15) is 0 Å². The molecule has 0 N–H and O–H groups in total. The van der Waals surface area contributed by atoms with Crippen LogP contribution < -0.4 is 4.74 Å². The number of hydrogen-bond acceptors (Lipinski definition) is 4. The maximum atomic E-state index is 5.64. The molecule has 0 aliphatic carbocycles. The van der Waals surface area contributed by atoms with E-state index in [1.807, 2.05) is 64.2 Å². The van der Waals surface area contributed by atoms with E-state index in [-0.39, 0.29) is 24.0 Å². The second-order valence-electron chi connectivity index (χ2n) is 5.56. The van der Waals surface area contributed by atoms with Crippen LogP contribution in [0.2, 0.25) is 0 Å². The largest absolute Gasteiger partial charge is 0.476 e. The zero-order chi connectivity index (χ0) is 15.8. The van der Waals surface area contributed by atoms with E-state index in [1.165, 1.54) is 0 Å². The van der Waals surface area contributed by atoms with Crippen molar-refractivity contribution in [3.8, 4) is 5.88 Å². The summed E-state index contributed by atoms with van der Waals surface area (Å²) in [4.78, 5) is 14.9. The van der Waals surface area contributed by atoms with Crippen LogP contribution in [0.3, 0.4) is 0 Å². The molecule has 6 nitrogen and oxygen atoms in total. The van der Waals surface area contributed by atoms with Crippen LogP contribution in [0.5, 0.6) is 5.88 Å². The van der Waals surface area contributed by atoms with Crippen LogP contribution in [0.15, 0.2) is 23.3 Å². The first kappa shape index (κ1) is 20.9. The molecule has 0 fully saturated rings. The number of aliphatic imine (C=N–C) groups is 1. The first-order valence-electron chi connectivity index (χ1n) is 7.01. The van der Waals surface area contributed by atoms with E-state index in [0.717, 1.165) is 18.1 Å². The molecule has 0 saturated heterocycles. The lowest BCUT2D eigenvalue weighted by molar-refractivity contribution is 0.253. The second-order valence-corrected chi connectivity index (χ2v) is 5.56. The monoisotopic (exact) mass is 421 g/mol. The Balaban J connectivity index is 0.00000441. The second kappa shape index (κ2) is 10.6. The number of guanidine groups is 1. The fourth-order valence-corrected chi connectivity index (χ4v) is 1.81. The Labute approximate surface area is 151 Å². The molecule has 1 aromatic rings. The zero-order valence-electron chi connectivity index (χ0n) is 14.4. The molecule has 0 bridgehead atoms. The van der Waals surface area contributed by atoms with E-state index >= 15 is 0 Å². The summed E-state index contributed by atoms with van der Waals surface area (Å²) >= 11 is 0. The topological polar surface area (TPSA) is 44.2 Å². The lowest BCUT2D eigenvalue weighted by atomic mass is 10.3.